The topological polar surface area (TPSA) is 84.6 Å². The van der Waals surface area contributed by atoms with Crippen molar-refractivity contribution in [3.63, 3.8) is 0 Å². The van der Waals surface area contributed by atoms with Crippen LogP contribution in [0.4, 0.5) is 5.69 Å². The van der Waals surface area contributed by atoms with Crippen LogP contribution in [0.1, 0.15) is 59.8 Å². The van der Waals surface area contributed by atoms with Gasteiger partial charge in [0.1, 0.15) is 5.69 Å². The fourth-order valence-electron chi connectivity index (χ4n) is 5.88. The number of hydrogen-bond donors (Lipinski definition) is 0. The maximum Gasteiger partial charge on any atom is 0.296 e. The van der Waals surface area contributed by atoms with Crippen LogP contribution in [-0.4, -0.2) is 48.7 Å². The summed E-state index contributed by atoms with van der Waals surface area (Å²) in [6.45, 7) is 7.36. The molecule has 1 amide bonds. The van der Waals surface area contributed by atoms with Crippen LogP contribution in [0.3, 0.4) is 0 Å². The Morgan fingerprint density at radius 1 is 0.953 bits per heavy atom. The second-order valence-electron chi connectivity index (χ2n) is 11.7. The van der Waals surface area contributed by atoms with Gasteiger partial charge in [0.15, 0.2) is 0 Å². The molecule has 8 nitrogen and oxygen atoms in total. The first-order valence-corrected chi connectivity index (χ1v) is 16.2. The number of para-hydroxylation sites is 1. The monoisotopic (exact) mass is 600 g/mol. The first-order valence-electron chi connectivity index (χ1n) is 14.8. The van der Waals surface area contributed by atoms with E-state index < -0.39 is 15.6 Å². The highest BCUT2D eigenvalue weighted by atomic mass is 32.2. The zero-order valence-corrected chi connectivity index (χ0v) is 26.3. The van der Waals surface area contributed by atoms with Gasteiger partial charge in [-0.15, -0.1) is 0 Å². The Balaban J connectivity index is 1.30. The molecule has 9 heteroatoms. The van der Waals surface area contributed by atoms with Gasteiger partial charge in [0.05, 0.1) is 16.3 Å². The smallest absolute Gasteiger partial charge is 0.296 e. The van der Waals surface area contributed by atoms with E-state index in [2.05, 4.69) is 38.1 Å². The number of nitrogens with zero attached hydrogens (tertiary/aromatic N) is 4. The van der Waals surface area contributed by atoms with Gasteiger partial charge in [0.25, 0.3) is 21.5 Å². The average molecular weight is 601 g/mol. The summed E-state index contributed by atoms with van der Waals surface area (Å²) in [7, 11) is -1.03. The number of amides is 1. The summed E-state index contributed by atoms with van der Waals surface area (Å²) in [4.78, 5) is 28.7. The van der Waals surface area contributed by atoms with Crippen molar-refractivity contribution in [2.24, 2.45) is 13.0 Å². The first kappa shape index (κ1) is 30.4. The number of hydrogen-bond acceptors (Lipinski definition) is 4. The van der Waals surface area contributed by atoms with Gasteiger partial charge in [0, 0.05) is 32.7 Å². The lowest BCUT2D eigenvalue weighted by Crippen LogP contribution is -2.39. The molecule has 0 N–H and O–H groups in total. The van der Waals surface area contributed by atoms with E-state index in [1.54, 1.807) is 42.9 Å². The van der Waals surface area contributed by atoms with Gasteiger partial charge >= 0.3 is 0 Å². The Hall–Kier alpha value is -4.11. The molecule has 0 bridgehead atoms. The van der Waals surface area contributed by atoms with Crippen molar-refractivity contribution in [3.05, 3.63) is 112 Å². The molecule has 1 saturated heterocycles. The largest absolute Gasteiger partial charge is 0.339 e. The van der Waals surface area contributed by atoms with E-state index in [1.165, 1.54) is 35.0 Å². The van der Waals surface area contributed by atoms with Crippen molar-refractivity contribution in [1.29, 1.82) is 0 Å². The minimum Gasteiger partial charge on any atom is -0.339 e. The van der Waals surface area contributed by atoms with E-state index in [0.29, 0.717) is 41.9 Å². The van der Waals surface area contributed by atoms with Crippen molar-refractivity contribution in [3.8, 4) is 5.69 Å². The third-order valence-corrected chi connectivity index (χ3v) is 10.4. The number of anilines is 1. The number of likely N-dealkylation sites (tertiary alicyclic amines) is 1. The third kappa shape index (κ3) is 6.04. The van der Waals surface area contributed by atoms with Crippen molar-refractivity contribution in [1.82, 2.24) is 14.3 Å². The third-order valence-electron chi connectivity index (χ3n) is 8.65. The summed E-state index contributed by atoms with van der Waals surface area (Å²) < 4.78 is 31.6. The molecule has 0 atom stereocenters. The standard InChI is InChI=1S/C34H40N4O4S/c1-24(2)28-16-14-26(15-17-28)22-27-18-20-37(21-19-27)33(39)29-10-9-13-31(23-29)43(41,42)36(5)32-25(3)35(4)38(34(32)40)30-11-7-6-8-12-30/h6-17,23-24,27H,18-22H2,1-5H3. The SMILES string of the molecule is Cc1c(N(C)S(=O)(=O)c2cccc(C(=O)N3CCC(Cc4ccc(C(C)C)cc4)CC3)c2)c(=O)n(-c2ccccc2)n1C. The Morgan fingerprint density at radius 2 is 1.60 bits per heavy atom. The predicted octanol–water partition coefficient (Wildman–Crippen LogP) is 5.53. The lowest BCUT2D eigenvalue weighted by atomic mass is 9.89. The van der Waals surface area contributed by atoms with E-state index in [4.69, 9.17) is 0 Å². The summed E-state index contributed by atoms with van der Waals surface area (Å²) >= 11 is 0. The molecule has 1 aliphatic heterocycles. The molecule has 0 unspecified atom stereocenters. The van der Waals surface area contributed by atoms with Crippen molar-refractivity contribution in [2.45, 2.75) is 50.8 Å². The highest BCUT2D eigenvalue weighted by molar-refractivity contribution is 7.92. The minimum atomic E-state index is -4.13. The maximum absolute atomic E-state index is 13.8. The quantitative estimate of drug-likeness (QED) is 0.266. The van der Waals surface area contributed by atoms with E-state index >= 15 is 0 Å². The molecular formula is C34H40N4O4S. The fraction of sp³-hybridized carbons (Fsp3) is 0.353. The molecule has 4 aromatic rings. The zero-order valence-electron chi connectivity index (χ0n) is 25.5. The Morgan fingerprint density at radius 3 is 2.23 bits per heavy atom. The van der Waals surface area contributed by atoms with Gasteiger partial charge in [-0.2, -0.15) is 0 Å². The Bertz CT molecular complexity index is 1770. The molecule has 0 radical (unpaired) electrons. The highest BCUT2D eigenvalue weighted by Crippen LogP contribution is 2.27. The molecule has 2 heterocycles. The summed E-state index contributed by atoms with van der Waals surface area (Å²) in [5, 5.41) is 0. The van der Waals surface area contributed by atoms with E-state index in [0.717, 1.165) is 23.6 Å². The van der Waals surface area contributed by atoms with Crippen LogP contribution in [0.25, 0.3) is 5.69 Å². The van der Waals surface area contributed by atoms with Crippen LogP contribution < -0.4 is 9.86 Å². The Labute approximate surface area is 254 Å². The number of sulfonamides is 1. The van der Waals surface area contributed by atoms with Crippen LogP contribution in [0, 0.1) is 12.8 Å². The summed E-state index contributed by atoms with van der Waals surface area (Å²) in [6.07, 6.45) is 2.80. The first-order chi connectivity index (χ1) is 20.5. The number of rotatable bonds is 8. The maximum atomic E-state index is 13.8. The Kier molecular flexibility index (Phi) is 8.64. The minimum absolute atomic E-state index is 0.0329. The van der Waals surface area contributed by atoms with E-state index in [1.807, 2.05) is 23.1 Å². The molecule has 0 spiro atoms. The second-order valence-corrected chi connectivity index (χ2v) is 13.7. The number of piperidine rings is 1. The van der Waals surface area contributed by atoms with Gasteiger partial charge in [-0.1, -0.05) is 62.4 Å². The van der Waals surface area contributed by atoms with Crippen LogP contribution in [0.5, 0.6) is 0 Å². The molecule has 3 aromatic carbocycles. The lowest BCUT2D eigenvalue weighted by Gasteiger charge is -2.32. The molecule has 1 aromatic heterocycles. The zero-order chi connectivity index (χ0) is 30.9. The summed E-state index contributed by atoms with van der Waals surface area (Å²) in [5.74, 6) is 0.834. The average Bonchev–Trinajstić information content (AvgIpc) is 3.24. The van der Waals surface area contributed by atoms with Crippen LogP contribution in [-0.2, 0) is 23.5 Å². The molecule has 0 aliphatic carbocycles. The van der Waals surface area contributed by atoms with Crippen LogP contribution >= 0.6 is 0 Å². The summed E-state index contributed by atoms with van der Waals surface area (Å²) in [6, 6.07) is 24.0. The number of carbonyl (C=O) groups excluding carboxylic acids is 1. The van der Waals surface area contributed by atoms with Gasteiger partial charge in [-0.25, -0.2) is 13.1 Å². The van der Waals surface area contributed by atoms with Gasteiger partial charge in [-0.3, -0.25) is 18.6 Å². The lowest BCUT2D eigenvalue weighted by molar-refractivity contribution is 0.0690. The van der Waals surface area contributed by atoms with Crippen molar-refractivity contribution < 1.29 is 13.2 Å². The van der Waals surface area contributed by atoms with Crippen molar-refractivity contribution >= 4 is 21.6 Å². The number of benzene rings is 3. The number of aromatic nitrogens is 2. The van der Waals surface area contributed by atoms with Crippen LogP contribution in [0.15, 0.2) is 88.6 Å². The molecule has 1 fully saturated rings. The molecule has 43 heavy (non-hydrogen) atoms. The van der Waals surface area contributed by atoms with Gasteiger partial charge in [-0.05, 0) is 79.5 Å². The molecule has 1 aliphatic rings. The normalized spacial score (nSPS) is 14.3. The van der Waals surface area contributed by atoms with Gasteiger partial charge in [0.2, 0.25) is 0 Å². The molecule has 5 rings (SSSR count). The van der Waals surface area contributed by atoms with Crippen molar-refractivity contribution in [2.75, 3.05) is 24.4 Å². The van der Waals surface area contributed by atoms with E-state index in [9.17, 15) is 18.0 Å². The highest BCUT2D eigenvalue weighted by Gasteiger charge is 2.30. The fourth-order valence-corrected chi connectivity index (χ4v) is 7.17. The predicted molar refractivity (Wildman–Crippen MR) is 171 cm³/mol. The molecular weight excluding hydrogens is 560 g/mol. The molecule has 226 valence electrons. The number of carbonyl (C=O) groups is 1. The van der Waals surface area contributed by atoms with Crippen LogP contribution in [0.2, 0.25) is 0 Å². The van der Waals surface area contributed by atoms with Gasteiger partial charge < -0.3 is 4.90 Å². The summed E-state index contributed by atoms with van der Waals surface area (Å²) in [5.41, 5.74) is 3.74. The van der Waals surface area contributed by atoms with E-state index in [-0.39, 0.29) is 16.5 Å². The second kappa shape index (κ2) is 12.2. The molecule has 0 saturated carbocycles.